The summed E-state index contributed by atoms with van der Waals surface area (Å²) < 4.78 is 56.5. The van der Waals surface area contributed by atoms with Gasteiger partial charge in [-0.05, 0) is 29.8 Å². The normalized spacial score (nSPS) is 13.9. The quantitative estimate of drug-likeness (QED) is 0.533. The Morgan fingerprint density at radius 3 is 2.27 bits per heavy atom. The fourth-order valence-electron chi connectivity index (χ4n) is 3.08. The van der Waals surface area contributed by atoms with Gasteiger partial charge < -0.3 is 9.64 Å². The van der Waals surface area contributed by atoms with Crippen molar-refractivity contribution in [3.05, 3.63) is 65.5 Å². The maximum absolute atomic E-state index is 14.5. The van der Waals surface area contributed by atoms with E-state index in [4.69, 9.17) is 4.74 Å². The summed E-state index contributed by atoms with van der Waals surface area (Å²) in [5.41, 5.74) is 3.02. The summed E-state index contributed by atoms with van der Waals surface area (Å²) in [5.74, 6) is -4.69. The molecule has 0 radical (unpaired) electrons. The van der Waals surface area contributed by atoms with E-state index in [0.717, 1.165) is 12.1 Å². The van der Waals surface area contributed by atoms with Crippen molar-refractivity contribution in [2.24, 2.45) is 0 Å². The summed E-state index contributed by atoms with van der Waals surface area (Å²) in [6.45, 7) is 1.58. The second-order valence-electron chi connectivity index (χ2n) is 7.02. The zero-order chi connectivity index (χ0) is 24.0. The van der Waals surface area contributed by atoms with Gasteiger partial charge in [0.15, 0.2) is 0 Å². The summed E-state index contributed by atoms with van der Waals surface area (Å²) in [7, 11) is 0. The van der Waals surface area contributed by atoms with Crippen molar-refractivity contribution < 1.29 is 36.7 Å². The molecule has 33 heavy (non-hydrogen) atoms. The number of halogens is 4. The molecule has 0 aromatic heterocycles. The van der Waals surface area contributed by atoms with E-state index in [1.807, 2.05) is 0 Å². The molecule has 3 rings (SSSR count). The van der Waals surface area contributed by atoms with Crippen LogP contribution in [0.1, 0.15) is 15.9 Å². The molecule has 2 aromatic rings. The van der Waals surface area contributed by atoms with Crippen molar-refractivity contribution in [3.63, 3.8) is 0 Å². The molecule has 1 heterocycles. The molecule has 1 saturated heterocycles. The lowest BCUT2D eigenvalue weighted by Crippen LogP contribution is -2.48. The standard InChI is InChI=1S/C21H20F4N4O4/c22-17-12-14(6-7-16(17)18(30)26-27-19(31)21(23,24)25)13-29(15-4-2-1-3-5-15)20(32)28-8-10-33-11-9-28/h1-7,12H,8-11,13H2,(H,26,30)(H,27,31). The number of ether oxygens (including phenoxy) is 1. The van der Waals surface area contributed by atoms with Crippen LogP contribution in [-0.2, 0) is 16.1 Å². The van der Waals surface area contributed by atoms with Crippen LogP contribution < -0.4 is 15.8 Å². The molecule has 12 heteroatoms. The maximum Gasteiger partial charge on any atom is 0.472 e. The van der Waals surface area contributed by atoms with Gasteiger partial charge in [-0.2, -0.15) is 13.2 Å². The summed E-state index contributed by atoms with van der Waals surface area (Å²) in [6, 6.07) is 11.8. The van der Waals surface area contributed by atoms with E-state index in [1.165, 1.54) is 21.8 Å². The van der Waals surface area contributed by atoms with E-state index in [2.05, 4.69) is 0 Å². The van der Waals surface area contributed by atoms with Crippen molar-refractivity contribution in [1.82, 2.24) is 15.8 Å². The molecular weight excluding hydrogens is 448 g/mol. The van der Waals surface area contributed by atoms with Crippen LogP contribution in [0.2, 0.25) is 0 Å². The van der Waals surface area contributed by atoms with Gasteiger partial charge in [-0.1, -0.05) is 24.3 Å². The van der Waals surface area contributed by atoms with Crippen LogP contribution in [0.4, 0.5) is 28.0 Å². The number of carbonyl (C=O) groups excluding carboxylic acids is 3. The molecule has 0 atom stereocenters. The number of nitrogens with zero attached hydrogens (tertiary/aromatic N) is 2. The van der Waals surface area contributed by atoms with E-state index in [0.29, 0.717) is 37.6 Å². The zero-order valence-corrected chi connectivity index (χ0v) is 17.2. The summed E-state index contributed by atoms with van der Waals surface area (Å²) in [4.78, 5) is 38.9. The second kappa shape index (κ2) is 10.3. The fourth-order valence-corrected chi connectivity index (χ4v) is 3.08. The number of hydrogen-bond acceptors (Lipinski definition) is 4. The number of morpholine rings is 1. The smallest absolute Gasteiger partial charge is 0.378 e. The molecule has 8 nitrogen and oxygen atoms in total. The largest absolute Gasteiger partial charge is 0.472 e. The van der Waals surface area contributed by atoms with Gasteiger partial charge in [0.2, 0.25) is 0 Å². The summed E-state index contributed by atoms with van der Waals surface area (Å²) in [5, 5.41) is 0. The van der Waals surface area contributed by atoms with Crippen molar-refractivity contribution >= 4 is 23.5 Å². The first-order valence-electron chi connectivity index (χ1n) is 9.82. The highest BCUT2D eigenvalue weighted by Gasteiger charge is 2.39. The van der Waals surface area contributed by atoms with Crippen LogP contribution in [0.15, 0.2) is 48.5 Å². The molecule has 2 aromatic carbocycles. The molecular formula is C21H20F4N4O4. The maximum atomic E-state index is 14.5. The van der Waals surface area contributed by atoms with Gasteiger partial charge in [-0.25, -0.2) is 9.18 Å². The topological polar surface area (TPSA) is 91.0 Å². The monoisotopic (exact) mass is 468 g/mol. The average Bonchev–Trinajstić information content (AvgIpc) is 2.81. The number of alkyl halides is 3. The molecule has 1 fully saturated rings. The van der Waals surface area contributed by atoms with E-state index in [-0.39, 0.29) is 12.6 Å². The lowest BCUT2D eigenvalue weighted by molar-refractivity contribution is -0.174. The summed E-state index contributed by atoms with van der Waals surface area (Å²) in [6.07, 6.45) is -5.20. The minimum absolute atomic E-state index is 0.0240. The Labute approximate surface area is 186 Å². The fraction of sp³-hybridized carbons (Fsp3) is 0.286. The number of hydrogen-bond donors (Lipinski definition) is 2. The van der Waals surface area contributed by atoms with Crippen molar-refractivity contribution in [1.29, 1.82) is 0 Å². The molecule has 1 aliphatic rings. The average molecular weight is 468 g/mol. The lowest BCUT2D eigenvalue weighted by atomic mass is 10.1. The minimum atomic E-state index is -5.20. The Kier molecular flexibility index (Phi) is 7.48. The molecule has 176 valence electrons. The summed E-state index contributed by atoms with van der Waals surface area (Å²) >= 11 is 0. The van der Waals surface area contributed by atoms with Crippen molar-refractivity contribution in [3.8, 4) is 0 Å². The number of amides is 4. The van der Waals surface area contributed by atoms with Gasteiger partial charge in [-0.3, -0.25) is 25.3 Å². The van der Waals surface area contributed by atoms with E-state index >= 15 is 0 Å². The Morgan fingerprint density at radius 1 is 1.00 bits per heavy atom. The van der Waals surface area contributed by atoms with Gasteiger partial charge >= 0.3 is 18.1 Å². The van der Waals surface area contributed by atoms with E-state index in [9.17, 15) is 31.9 Å². The first-order chi connectivity index (χ1) is 15.7. The number of nitrogens with one attached hydrogen (secondary N) is 2. The van der Waals surface area contributed by atoms with Crippen LogP contribution >= 0.6 is 0 Å². The van der Waals surface area contributed by atoms with Crippen LogP contribution in [0.3, 0.4) is 0 Å². The van der Waals surface area contributed by atoms with Crippen molar-refractivity contribution in [2.75, 3.05) is 31.2 Å². The highest BCUT2D eigenvalue weighted by Crippen LogP contribution is 2.21. The van der Waals surface area contributed by atoms with Gasteiger partial charge in [0, 0.05) is 18.8 Å². The number of hydrazine groups is 1. The SMILES string of the molecule is O=C(NNC(=O)C(F)(F)F)c1ccc(CN(C(=O)N2CCOCC2)c2ccccc2)cc1F. The zero-order valence-electron chi connectivity index (χ0n) is 17.2. The van der Waals surface area contributed by atoms with Crippen LogP contribution in [-0.4, -0.2) is 55.2 Å². The van der Waals surface area contributed by atoms with Crippen LogP contribution in [0, 0.1) is 5.82 Å². The second-order valence-corrected chi connectivity index (χ2v) is 7.02. The van der Waals surface area contributed by atoms with Gasteiger partial charge in [0.25, 0.3) is 5.91 Å². The molecule has 0 spiro atoms. The molecule has 0 aliphatic carbocycles. The van der Waals surface area contributed by atoms with Gasteiger partial charge in [0.1, 0.15) is 5.82 Å². The number of benzene rings is 2. The predicted molar refractivity (Wildman–Crippen MR) is 108 cm³/mol. The first kappa shape index (κ1) is 24.0. The Bertz CT molecular complexity index is 1010. The minimum Gasteiger partial charge on any atom is -0.378 e. The molecule has 1 aliphatic heterocycles. The van der Waals surface area contributed by atoms with Gasteiger partial charge in [0.05, 0.1) is 25.3 Å². The number of rotatable bonds is 4. The van der Waals surface area contributed by atoms with E-state index in [1.54, 1.807) is 35.2 Å². The number of anilines is 1. The predicted octanol–water partition coefficient (Wildman–Crippen LogP) is 2.61. The number of carbonyl (C=O) groups is 3. The third kappa shape index (κ3) is 6.19. The lowest BCUT2D eigenvalue weighted by Gasteiger charge is -2.33. The Balaban J connectivity index is 1.75. The van der Waals surface area contributed by atoms with Crippen LogP contribution in [0.5, 0.6) is 0 Å². The number of para-hydroxylation sites is 1. The molecule has 0 unspecified atom stereocenters. The molecule has 0 bridgehead atoms. The molecule has 4 amide bonds. The highest BCUT2D eigenvalue weighted by molar-refractivity contribution is 5.96. The van der Waals surface area contributed by atoms with Crippen LogP contribution in [0.25, 0.3) is 0 Å². The third-order valence-electron chi connectivity index (χ3n) is 4.75. The highest BCUT2D eigenvalue weighted by atomic mass is 19.4. The first-order valence-corrected chi connectivity index (χ1v) is 9.82. The Hall–Kier alpha value is -3.67. The molecule has 0 saturated carbocycles. The number of urea groups is 1. The van der Waals surface area contributed by atoms with Crippen molar-refractivity contribution in [2.45, 2.75) is 12.7 Å². The third-order valence-corrected chi connectivity index (χ3v) is 4.75. The molecule has 2 N–H and O–H groups in total. The van der Waals surface area contributed by atoms with Gasteiger partial charge in [-0.15, -0.1) is 0 Å². The Morgan fingerprint density at radius 2 is 1.67 bits per heavy atom. The van der Waals surface area contributed by atoms with E-state index < -0.39 is 29.4 Å².